The maximum atomic E-state index is 13.4. The third-order valence-electron chi connectivity index (χ3n) is 2.81. The molecule has 0 spiro atoms. The molecular weight excluding hydrogens is 287 g/mol. The van der Waals surface area contributed by atoms with Gasteiger partial charge in [0.25, 0.3) is 5.56 Å². The number of halogens is 2. The average molecular weight is 295 g/mol. The van der Waals surface area contributed by atoms with Gasteiger partial charge in [0.2, 0.25) is 0 Å². The molecule has 1 aromatic carbocycles. The zero-order chi connectivity index (χ0) is 13.4. The Morgan fingerprint density at radius 1 is 1.37 bits per heavy atom. The molecule has 0 bridgehead atoms. The first-order valence-corrected chi connectivity index (χ1v) is 6.78. The second-order valence-electron chi connectivity index (χ2n) is 4.03. The van der Waals surface area contributed by atoms with Crippen LogP contribution in [0.3, 0.4) is 0 Å². The van der Waals surface area contributed by atoms with Gasteiger partial charge in [-0.25, -0.2) is 9.37 Å². The van der Waals surface area contributed by atoms with Crippen LogP contribution in [0.15, 0.2) is 40.8 Å². The Morgan fingerprint density at radius 3 is 3.05 bits per heavy atom. The molecule has 3 nitrogen and oxygen atoms in total. The van der Waals surface area contributed by atoms with E-state index < -0.39 is 5.82 Å². The minimum atomic E-state index is -0.489. The van der Waals surface area contributed by atoms with Gasteiger partial charge >= 0.3 is 0 Å². The third kappa shape index (κ3) is 2.15. The summed E-state index contributed by atoms with van der Waals surface area (Å²) in [7, 11) is 0. The second-order valence-corrected chi connectivity index (χ2v) is 5.32. The van der Waals surface area contributed by atoms with Gasteiger partial charge in [-0.3, -0.25) is 9.36 Å². The Balaban J connectivity index is 2.08. The van der Waals surface area contributed by atoms with Gasteiger partial charge in [0, 0.05) is 0 Å². The lowest BCUT2D eigenvalue weighted by molar-refractivity contribution is 0.623. The summed E-state index contributed by atoms with van der Waals surface area (Å²) in [6.07, 6.45) is 1.46. The number of rotatable bonds is 2. The number of hydrogen-bond donors (Lipinski definition) is 0. The van der Waals surface area contributed by atoms with Crippen molar-refractivity contribution in [1.29, 1.82) is 0 Å². The summed E-state index contributed by atoms with van der Waals surface area (Å²) in [4.78, 5) is 16.4. The van der Waals surface area contributed by atoms with E-state index in [1.807, 2.05) is 5.38 Å². The fourth-order valence-electron chi connectivity index (χ4n) is 1.85. The van der Waals surface area contributed by atoms with E-state index in [1.165, 1.54) is 28.3 Å². The largest absolute Gasteiger partial charge is 0.293 e. The zero-order valence-corrected chi connectivity index (χ0v) is 11.2. The first-order valence-electron chi connectivity index (χ1n) is 5.52. The Kier molecular flexibility index (Phi) is 3.08. The quantitative estimate of drug-likeness (QED) is 0.727. The van der Waals surface area contributed by atoms with Crippen molar-refractivity contribution in [1.82, 2.24) is 9.55 Å². The maximum absolute atomic E-state index is 13.4. The summed E-state index contributed by atoms with van der Waals surface area (Å²) < 4.78 is 15.4. The van der Waals surface area contributed by atoms with Crippen LogP contribution in [0.1, 0.15) is 5.56 Å². The van der Waals surface area contributed by atoms with E-state index in [1.54, 1.807) is 18.2 Å². The minimum Gasteiger partial charge on any atom is -0.293 e. The molecule has 0 saturated carbocycles. The van der Waals surface area contributed by atoms with Gasteiger partial charge in [-0.15, -0.1) is 11.3 Å². The average Bonchev–Trinajstić information content (AvgIpc) is 2.87. The number of fused-ring (bicyclic) bond motifs is 1. The molecule has 3 aromatic rings. The van der Waals surface area contributed by atoms with Crippen LogP contribution in [0.5, 0.6) is 0 Å². The van der Waals surface area contributed by atoms with Gasteiger partial charge in [-0.2, -0.15) is 0 Å². The number of thiophene rings is 1. The molecule has 0 fully saturated rings. The zero-order valence-electron chi connectivity index (χ0n) is 9.64. The molecule has 0 N–H and O–H groups in total. The van der Waals surface area contributed by atoms with Crippen molar-refractivity contribution in [2.75, 3.05) is 0 Å². The molecule has 0 aliphatic carbocycles. The molecular formula is C13H8ClFN2OS. The van der Waals surface area contributed by atoms with Gasteiger partial charge in [-0.1, -0.05) is 23.7 Å². The van der Waals surface area contributed by atoms with Gasteiger partial charge < -0.3 is 0 Å². The predicted molar refractivity (Wildman–Crippen MR) is 74.4 cm³/mol. The fourth-order valence-corrected chi connectivity index (χ4v) is 2.82. The first-order chi connectivity index (χ1) is 9.16. The highest BCUT2D eigenvalue weighted by atomic mass is 35.5. The Labute approximate surface area is 116 Å². The lowest BCUT2D eigenvalue weighted by Gasteiger charge is -2.07. The van der Waals surface area contributed by atoms with Crippen molar-refractivity contribution >= 4 is 33.2 Å². The van der Waals surface area contributed by atoms with E-state index in [-0.39, 0.29) is 17.1 Å². The highest BCUT2D eigenvalue weighted by Crippen LogP contribution is 2.20. The van der Waals surface area contributed by atoms with Crippen molar-refractivity contribution in [2.24, 2.45) is 0 Å². The van der Waals surface area contributed by atoms with E-state index in [4.69, 9.17) is 11.6 Å². The smallest absolute Gasteiger partial charge is 0.271 e. The maximum Gasteiger partial charge on any atom is 0.271 e. The second kappa shape index (κ2) is 4.75. The lowest BCUT2D eigenvalue weighted by Crippen LogP contribution is -2.20. The molecule has 0 unspecified atom stereocenters. The third-order valence-corrected chi connectivity index (χ3v) is 4.12. The number of nitrogens with zero attached hydrogens (tertiary/aromatic N) is 2. The summed E-state index contributed by atoms with van der Waals surface area (Å²) >= 11 is 7.23. The normalized spacial score (nSPS) is 11.1. The van der Waals surface area contributed by atoms with Crippen LogP contribution in [0.25, 0.3) is 10.2 Å². The molecule has 96 valence electrons. The van der Waals surface area contributed by atoms with E-state index >= 15 is 0 Å². The van der Waals surface area contributed by atoms with Crippen molar-refractivity contribution in [3.05, 3.63) is 62.7 Å². The molecule has 0 radical (unpaired) electrons. The van der Waals surface area contributed by atoms with Crippen LogP contribution in [-0.2, 0) is 6.54 Å². The molecule has 19 heavy (non-hydrogen) atoms. The van der Waals surface area contributed by atoms with Gasteiger partial charge in [0.15, 0.2) is 0 Å². The van der Waals surface area contributed by atoms with Crippen LogP contribution in [0, 0.1) is 5.82 Å². The highest BCUT2D eigenvalue weighted by Gasteiger charge is 2.09. The summed E-state index contributed by atoms with van der Waals surface area (Å²) in [6, 6.07) is 6.34. The summed E-state index contributed by atoms with van der Waals surface area (Å²) in [5.41, 5.74) is 1.10. The van der Waals surface area contributed by atoms with Crippen molar-refractivity contribution in [3.63, 3.8) is 0 Å². The molecule has 2 heterocycles. The molecule has 0 amide bonds. The van der Waals surface area contributed by atoms with Crippen LogP contribution >= 0.6 is 22.9 Å². The summed E-state index contributed by atoms with van der Waals surface area (Å²) in [6.45, 7) is 0.205. The summed E-state index contributed by atoms with van der Waals surface area (Å²) in [5, 5.41) is 1.86. The van der Waals surface area contributed by atoms with Gasteiger partial charge in [0.1, 0.15) is 10.5 Å². The van der Waals surface area contributed by atoms with Crippen molar-refractivity contribution in [3.8, 4) is 0 Å². The molecule has 0 saturated heterocycles. The van der Waals surface area contributed by atoms with Crippen LogP contribution in [-0.4, -0.2) is 9.55 Å². The van der Waals surface area contributed by atoms with Crippen LogP contribution in [0.2, 0.25) is 5.02 Å². The van der Waals surface area contributed by atoms with Gasteiger partial charge in [0.05, 0.1) is 23.4 Å². The molecule has 0 aliphatic rings. The molecule has 6 heteroatoms. The monoisotopic (exact) mass is 294 g/mol. The molecule has 0 atom stereocenters. The Morgan fingerprint density at radius 2 is 2.21 bits per heavy atom. The fraction of sp³-hybridized carbons (Fsp3) is 0.0769. The predicted octanol–water partition coefficient (Wildman–Crippen LogP) is 3.30. The topological polar surface area (TPSA) is 34.9 Å². The van der Waals surface area contributed by atoms with Crippen LogP contribution < -0.4 is 5.56 Å². The van der Waals surface area contributed by atoms with E-state index in [9.17, 15) is 9.18 Å². The number of benzene rings is 1. The van der Waals surface area contributed by atoms with E-state index in [0.717, 1.165) is 0 Å². The number of aromatic nitrogens is 2. The highest BCUT2D eigenvalue weighted by molar-refractivity contribution is 7.17. The molecule has 0 aliphatic heterocycles. The standard InChI is InChI=1S/C13H8ClFN2OS/c14-11-8(2-1-3-9(11)15)6-17-7-16-10-4-5-19-12(10)13(17)18/h1-5,7H,6H2. The first kappa shape index (κ1) is 12.3. The summed E-state index contributed by atoms with van der Waals surface area (Å²) in [5.74, 6) is -0.489. The van der Waals surface area contributed by atoms with E-state index in [0.29, 0.717) is 15.8 Å². The van der Waals surface area contributed by atoms with Crippen LogP contribution in [0.4, 0.5) is 4.39 Å². The van der Waals surface area contributed by atoms with E-state index in [2.05, 4.69) is 4.98 Å². The van der Waals surface area contributed by atoms with Crippen molar-refractivity contribution in [2.45, 2.75) is 6.54 Å². The Hall–Kier alpha value is -1.72. The van der Waals surface area contributed by atoms with Crippen molar-refractivity contribution < 1.29 is 4.39 Å². The lowest BCUT2D eigenvalue weighted by atomic mass is 10.2. The Bertz CT molecular complexity index is 812. The van der Waals surface area contributed by atoms with Gasteiger partial charge in [-0.05, 0) is 23.1 Å². The molecule has 2 aromatic heterocycles. The molecule has 3 rings (SSSR count). The number of hydrogen-bond acceptors (Lipinski definition) is 3. The SMILES string of the molecule is O=c1c2sccc2ncn1Cc1cccc(F)c1Cl. The minimum absolute atomic E-state index is 0.0423.